The highest BCUT2D eigenvalue weighted by Crippen LogP contribution is 2.08. The van der Waals surface area contributed by atoms with Crippen LogP contribution in [0.25, 0.3) is 0 Å². The molecule has 0 heterocycles. The third-order valence-electron chi connectivity index (χ3n) is 3.34. The topological polar surface area (TPSA) is 68.8 Å². The van der Waals surface area contributed by atoms with Gasteiger partial charge in [0.05, 0.1) is 0 Å². The molecule has 0 unspecified atom stereocenters. The fourth-order valence-electron chi connectivity index (χ4n) is 2.09. The van der Waals surface area contributed by atoms with E-state index in [1.165, 1.54) is 44.9 Å². The zero-order chi connectivity index (χ0) is 14.9. The summed E-state index contributed by atoms with van der Waals surface area (Å²) in [6, 6.07) is 0. The van der Waals surface area contributed by atoms with Gasteiger partial charge in [0.2, 0.25) is 0 Å². The summed E-state index contributed by atoms with van der Waals surface area (Å²) in [4.78, 5) is 10.3. The predicted octanol–water partition coefficient (Wildman–Crippen LogP) is 5.06. The van der Waals surface area contributed by atoms with Crippen LogP contribution in [0.5, 0.6) is 0 Å². The molecule has 0 amide bonds. The smallest absolute Gasteiger partial charge is 0.303 e. The molecule has 0 aliphatic carbocycles. The summed E-state index contributed by atoms with van der Waals surface area (Å²) in [6.07, 6.45) is 22.3. The Balaban J connectivity index is 0. The van der Waals surface area contributed by atoms with E-state index < -0.39 is 5.97 Å². The van der Waals surface area contributed by atoms with Crippen molar-refractivity contribution in [3.05, 3.63) is 24.3 Å². The normalized spacial score (nSPS) is 11.1. The molecule has 21 heavy (non-hydrogen) atoms. The van der Waals surface area contributed by atoms with E-state index in [1.807, 2.05) is 0 Å². The first kappa shape index (κ1) is 22.2. The Labute approximate surface area is 130 Å². The molecule has 3 nitrogen and oxygen atoms in total. The molecule has 0 rings (SSSR count). The van der Waals surface area contributed by atoms with Crippen LogP contribution in [0.4, 0.5) is 0 Å². The van der Waals surface area contributed by atoms with Crippen molar-refractivity contribution in [1.29, 1.82) is 0 Å². The second-order valence-electron chi connectivity index (χ2n) is 5.37. The highest BCUT2D eigenvalue weighted by Gasteiger charge is 1.95. The van der Waals surface area contributed by atoms with Crippen LogP contribution in [-0.2, 0) is 4.79 Å². The van der Waals surface area contributed by atoms with Crippen molar-refractivity contribution in [3.63, 3.8) is 0 Å². The Hall–Kier alpha value is -1.09. The van der Waals surface area contributed by atoms with E-state index in [0.29, 0.717) is 6.42 Å². The maximum Gasteiger partial charge on any atom is 0.303 e. The van der Waals surface area contributed by atoms with Crippen LogP contribution in [0.15, 0.2) is 24.3 Å². The van der Waals surface area contributed by atoms with Gasteiger partial charge in [0.1, 0.15) is 0 Å². The van der Waals surface area contributed by atoms with Gasteiger partial charge in [-0.3, -0.25) is 4.79 Å². The van der Waals surface area contributed by atoms with Gasteiger partial charge in [0.25, 0.3) is 0 Å². The Bertz CT molecular complexity index is 270. The number of aliphatic carboxylic acids is 1. The van der Waals surface area contributed by atoms with Crippen molar-refractivity contribution in [1.82, 2.24) is 0 Å². The van der Waals surface area contributed by atoms with Crippen molar-refractivity contribution >= 4 is 5.97 Å². The summed E-state index contributed by atoms with van der Waals surface area (Å²) >= 11 is 0. The molecule has 3 heteroatoms. The highest BCUT2D eigenvalue weighted by molar-refractivity contribution is 5.66. The first-order chi connectivity index (χ1) is 9.77. The van der Waals surface area contributed by atoms with E-state index >= 15 is 0 Å². The standard InChI is InChI=1S/C18H32O2.H2O/c1-2-3-4-5-6-7-8-9-10-11-12-13-14-15-16-17-18(19)20;/h6-7,9-10H,2-5,8,11-17H2,1H3,(H,19,20);1H2/b7-6-,10-9-;. The first-order valence-electron chi connectivity index (χ1n) is 8.29. The SMILES string of the molecule is CCCCC/C=C\C/C=C\CCCCCCCC(=O)O.O. The van der Waals surface area contributed by atoms with Gasteiger partial charge in [0, 0.05) is 6.42 Å². The van der Waals surface area contributed by atoms with Crippen LogP contribution in [0.1, 0.15) is 84.0 Å². The minimum atomic E-state index is -0.671. The van der Waals surface area contributed by atoms with Crippen LogP contribution in [-0.4, -0.2) is 16.6 Å². The Kier molecular flexibility index (Phi) is 20.0. The van der Waals surface area contributed by atoms with Crippen LogP contribution < -0.4 is 0 Å². The van der Waals surface area contributed by atoms with Crippen LogP contribution in [0, 0.1) is 0 Å². The van der Waals surface area contributed by atoms with E-state index in [1.54, 1.807) is 0 Å². The van der Waals surface area contributed by atoms with Crippen LogP contribution >= 0.6 is 0 Å². The third-order valence-corrected chi connectivity index (χ3v) is 3.34. The number of hydrogen-bond acceptors (Lipinski definition) is 1. The number of unbranched alkanes of at least 4 members (excludes halogenated alkanes) is 8. The summed E-state index contributed by atoms with van der Waals surface area (Å²) in [5.74, 6) is -0.671. The predicted molar refractivity (Wildman–Crippen MR) is 90.6 cm³/mol. The molecule has 0 spiro atoms. The molecule has 0 aliphatic heterocycles. The molecule has 124 valence electrons. The van der Waals surface area contributed by atoms with Crippen molar-refractivity contribution in [2.45, 2.75) is 84.0 Å². The molecule has 3 N–H and O–H groups in total. The number of carboxylic acids is 1. The Morgan fingerprint density at radius 2 is 1.33 bits per heavy atom. The number of hydrogen-bond donors (Lipinski definition) is 1. The molecule has 0 bridgehead atoms. The largest absolute Gasteiger partial charge is 0.481 e. The van der Waals surface area contributed by atoms with Gasteiger partial charge in [-0.15, -0.1) is 0 Å². The van der Waals surface area contributed by atoms with Gasteiger partial charge in [-0.25, -0.2) is 0 Å². The molecule has 0 radical (unpaired) electrons. The molecule has 0 saturated heterocycles. The average molecular weight is 298 g/mol. The lowest BCUT2D eigenvalue weighted by Gasteiger charge is -1.98. The van der Waals surface area contributed by atoms with Crippen molar-refractivity contribution in [2.75, 3.05) is 0 Å². The Morgan fingerprint density at radius 1 is 0.810 bits per heavy atom. The van der Waals surface area contributed by atoms with Gasteiger partial charge in [-0.2, -0.15) is 0 Å². The van der Waals surface area contributed by atoms with Crippen molar-refractivity contribution in [2.24, 2.45) is 0 Å². The first-order valence-corrected chi connectivity index (χ1v) is 8.29. The number of allylic oxidation sites excluding steroid dienone is 4. The zero-order valence-electron chi connectivity index (χ0n) is 13.7. The number of carbonyl (C=O) groups is 1. The Morgan fingerprint density at radius 3 is 1.90 bits per heavy atom. The molecule has 0 aromatic carbocycles. The molecular weight excluding hydrogens is 264 g/mol. The van der Waals surface area contributed by atoms with Crippen LogP contribution in [0.3, 0.4) is 0 Å². The van der Waals surface area contributed by atoms with Gasteiger partial charge in [0.15, 0.2) is 0 Å². The lowest BCUT2D eigenvalue weighted by molar-refractivity contribution is -0.137. The number of carboxylic acid groups (broad SMARTS) is 1. The van der Waals surface area contributed by atoms with E-state index in [-0.39, 0.29) is 5.48 Å². The van der Waals surface area contributed by atoms with Crippen molar-refractivity contribution in [3.8, 4) is 0 Å². The fraction of sp³-hybridized carbons (Fsp3) is 0.722. The molecule has 0 saturated carbocycles. The van der Waals surface area contributed by atoms with E-state index in [4.69, 9.17) is 5.11 Å². The molecule has 0 aliphatic rings. The summed E-state index contributed by atoms with van der Waals surface area (Å²) in [5.41, 5.74) is 0. The minimum Gasteiger partial charge on any atom is -0.481 e. The summed E-state index contributed by atoms with van der Waals surface area (Å²) in [7, 11) is 0. The fourth-order valence-corrected chi connectivity index (χ4v) is 2.09. The third kappa shape index (κ3) is 21.4. The van der Waals surface area contributed by atoms with E-state index in [0.717, 1.165) is 25.7 Å². The summed E-state index contributed by atoms with van der Waals surface area (Å²) < 4.78 is 0. The highest BCUT2D eigenvalue weighted by atomic mass is 16.4. The van der Waals surface area contributed by atoms with Gasteiger partial charge in [-0.05, 0) is 38.5 Å². The maximum absolute atomic E-state index is 10.3. The second kappa shape index (κ2) is 18.9. The lowest BCUT2D eigenvalue weighted by Crippen LogP contribution is -1.93. The summed E-state index contributed by atoms with van der Waals surface area (Å²) in [5, 5.41) is 8.50. The summed E-state index contributed by atoms with van der Waals surface area (Å²) in [6.45, 7) is 2.23. The van der Waals surface area contributed by atoms with Gasteiger partial charge < -0.3 is 10.6 Å². The average Bonchev–Trinajstić information content (AvgIpc) is 2.43. The molecular formula is C18H34O3. The molecule has 0 aromatic heterocycles. The lowest BCUT2D eigenvalue weighted by atomic mass is 10.1. The number of rotatable bonds is 14. The quantitative estimate of drug-likeness (QED) is 0.360. The minimum absolute atomic E-state index is 0. The monoisotopic (exact) mass is 298 g/mol. The van der Waals surface area contributed by atoms with E-state index in [9.17, 15) is 4.79 Å². The maximum atomic E-state index is 10.3. The zero-order valence-corrected chi connectivity index (χ0v) is 13.7. The second-order valence-corrected chi connectivity index (χ2v) is 5.37. The molecule has 0 fully saturated rings. The van der Waals surface area contributed by atoms with E-state index in [2.05, 4.69) is 31.2 Å². The molecule has 0 atom stereocenters. The van der Waals surface area contributed by atoms with Gasteiger partial charge >= 0.3 is 5.97 Å². The van der Waals surface area contributed by atoms with Crippen molar-refractivity contribution < 1.29 is 15.4 Å². The van der Waals surface area contributed by atoms with Gasteiger partial charge in [-0.1, -0.05) is 63.3 Å². The van der Waals surface area contributed by atoms with Crippen LogP contribution in [0.2, 0.25) is 0 Å². The molecule has 0 aromatic rings.